The van der Waals surface area contributed by atoms with Gasteiger partial charge in [-0.3, -0.25) is 0 Å². The van der Waals surface area contributed by atoms with Crippen LogP contribution in [0.4, 0.5) is 0 Å². The van der Waals surface area contributed by atoms with Gasteiger partial charge in [0.25, 0.3) is 0 Å². The van der Waals surface area contributed by atoms with Gasteiger partial charge in [-0.25, -0.2) is 0 Å². The molecule has 0 spiro atoms. The third-order valence-corrected chi connectivity index (χ3v) is 8.46. The van der Waals surface area contributed by atoms with Gasteiger partial charge in [0, 0.05) is 85.3 Å². The zero-order valence-corrected chi connectivity index (χ0v) is 29.4. The lowest BCUT2D eigenvalue weighted by atomic mass is 9.97. The Bertz CT molecular complexity index is 781. The zero-order valence-electron chi connectivity index (χ0n) is 29.4. The number of rotatable bonds is 23. The number of methoxy groups -OCH3 is 12. The highest BCUT2D eigenvalue weighted by Crippen LogP contribution is 2.33. The lowest BCUT2D eigenvalue weighted by molar-refractivity contribution is -0.353. The van der Waals surface area contributed by atoms with Crippen LogP contribution in [0.2, 0.25) is 0 Å². The molecule has 46 heavy (non-hydrogen) atoms. The first-order valence-electron chi connectivity index (χ1n) is 15.1. The Kier molecular flexibility index (Phi) is 20.0. The summed E-state index contributed by atoms with van der Waals surface area (Å²) in [5.41, 5.74) is 0. The summed E-state index contributed by atoms with van der Waals surface area (Å²) in [6, 6.07) is 0. The van der Waals surface area contributed by atoms with Gasteiger partial charge in [0.2, 0.25) is 0 Å². The zero-order chi connectivity index (χ0) is 34.2. The van der Waals surface area contributed by atoms with Gasteiger partial charge in [0.15, 0.2) is 12.6 Å². The smallest absolute Gasteiger partial charge is 0.187 e. The number of hydrogen-bond donors (Lipinski definition) is 0. The molecule has 14 atom stereocenters. The molecule has 0 saturated carbocycles. The summed E-state index contributed by atoms with van der Waals surface area (Å²) < 4.78 is 94.3. The molecular formula is C30H58O16. The maximum atomic E-state index is 6.67. The average Bonchev–Trinajstić information content (AvgIpc) is 3.07. The van der Waals surface area contributed by atoms with Crippen molar-refractivity contribution >= 4 is 0 Å². The molecule has 0 bridgehead atoms. The van der Waals surface area contributed by atoms with E-state index in [2.05, 4.69) is 0 Å². The second-order valence-electron chi connectivity index (χ2n) is 10.8. The van der Waals surface area contributed by atoms with Crippen molar-refractivity contribution in [1.82, 2.24) is 0 Å². The van der Waals surface area contributed by atoms with Gasteiger partial charge in [-0.2, -0.15) is 0 Å². The second-order valence-corrected chi connectivity index (χ2v) is 10.8. The Balaban J connectivity index is 2.41. The van der Waals surface area contributed by atoms with Crippen LogP contribution in [0.25, 0.3) is 0 Å². The van der Waals surface area contributed by atoms with Gasteiger partial charge in [-0.15, -0.1) is 0 Å². The lowest BCUT2D eigenvalue weighted by Crippen LogP contribution is -2.64. The van der Waals surface area contributed by atoms with Gasteiger partial charge >= 0.3 is 0 Å². The Morgan fingerprint density at radius 1 is 0.435 bits per heavy atom. The SMILES string of the molecule is COCC(OC)C(OC)C(O[C@@H]1O[C@H](COC2OC(COC)C(OC)C(OC)C2OC)[C@H](OC)[C@H](OC)[C@H]1OC)C(COC)OC. The molecule has 16 heteroatoms. The minimum absolute atomic E-state index is 0.00148. The molecule has 0 radical (unpaired) electrons. The molecule has 274 valence electrons. The van der Waals surface area contributed by atoms with E-state index in [4.69, 9.17) is 75.8 Å². The second kappa shape index (κ2) is 22.2. The van der Waals surface area contributed by atoms with Crippen molar-refractivity contribution in [2.45, 2.75) is 85.8 Å². The molecule has 0 aliphatic carbocycles. The number of ether oxygens (including phenoxy) is 16. The largest absolute Gasteiger partial charge is 0.382 e. The number of hydrogen-bond acceptors (Lipinski definition) is 16. The van der Waals surface area contributed by atoms with Crippen molar-refractivity contribution in [2.24, 2.45) is 0 Å². The highest BCUT2D eigenvalue weighted by Gasteiger charge is 2.52. The quantitative estimate of drug-likeness (QED) is 0.142. The first kappa shape index (κ1) is 41.5. The van der Waals surface area contributed by atoms with Gasteiger partial charge in [-0.05, 0) is 0 Å². The molecule has 0 aromatic carbocycles. The Morgan fingerprint density at radius 2 is 0.870 bits per heavy atom. The average molecular weight is 675 g/mol. The van der Waals surface area contributed by atoms with Crippen LogP contribution in [0.5, 0.6) is 0 Å². The van der Waals surface area contributed by atoms with Crippen molar-refractivity contribution in [3.8, 4) is 0 Å². The fourth-order valence-corrected chi connectivity index (χ4v) is 6.18. The molecule has 0 aromatic rings. The van der Waals surface area contributed by atoms with Crippen LogP contribution >= 0.6 is 0 Å². The summed E-state index contributed by atoms with van der Waals surface area (Å²) in [6.07, 6.45) is -9.11. The summed E-state index contributed by atoms with van der Waals surface area (Å²) in [7, 11) is 18.8. The van der Waals surface area contributed by atoms with E-state index in [1.165, 1.54) is 0 Å². The minimum Gasteiger partial charge on any atom is -0.382 e. The summed E-state index contributed by atoms with van der Waals surface area (Å²) in [4.78, 5) is 0. The first-order valence-corrected chi connectivity index (χ1v) is 15.1. The summed E-state index contributed by atoms with van der Waals surface area (Å²) in [5, 5.41) is 0. The van der Waals surface area contributed by atoms with Crippen molar-refractivity contribution < 1.29 is 75.8 Å². The molecule has 0 amide bonds. The van der Waals surface area contributed by atoms with E-state index in [1.54, 1.807) is 85.3 Å². The van der Waals surface area contributed by atoms with E-state index in [0.29, 0.717) is 0 Å². The monoisotopic (exact) mass is 674 g/mol. The minimum atomic E-state index is -0.997. The van der Waals surface area contributed by atoms with Gasteiger partial charge in [0.1, 0.15) is 73.2 Å². The molecule has 0 aromatic heterocycles. The summed E-state index contributed by atoms with van der Waals surface area (Å²) >= 11 is 0. The van der Waals surface area contributed by atoms with E-state index in [9.17, 15) is 0 Å². The molecular weight excluding hydrogens is 616 g/mol. The van der Waals surface area contributed by atoms with E-state index in [-0.39, 0.29) is 26.4 Å². The first-order chi connectivity index (χ1) is 22.3. The Morgan fingerprint density at radius 3 is 1.28 bits per heavy atom. The highest BCUT2D eigenvalue weighted by atomic mass is 16.8. The van der Waals surface area contributed by atoms with Gasteiger partial charge < -0.3 is 75.8 Å². The molecule has 0 N–H and O–H groups in total. The molecule has 2 aliphatic heterocycles. The Hall–Kier alpha value is -0.640. The van der Waals surface area contributed by atoms with Crippen molar-refractivity contribution in [1.29, 1.82) is 0 Å². The molecule has 2 saturated heterocycles. The van der Waals surface area contributed by atoms with E-state index >= 15 is 0 Å². The highest BCUT2D eigenvalue weighted by molar-refractivity contribution is 4.96. The predicted octanol–water partition coefficient (Wildman–Crippen LogP) is -0.0878. The van der Waals surface area contributed by atoms with Crippen LogP contribution < -0.4 is 0 Å². The van der Waals surface area contributed by atoms with Gasteiger partial charge in [0.05, 0.1) is 26.4 Å². The molecule has 2 fully saturated rings. The van der Waals surface area contributed by atoms with Crippen molar-refractivity contribution in [3.05, 3.63) is 0 Å². The van der Waals surface area contributed by atoms with Crippen LogP contribution in [-0.4, -0.2) is 198 Å². The van der Waals surface area contributed by atoms with E-state index in [0.717, 1.165) is 0 Å². The third kappa shape index (κ3) is 10.2. The maximum Gasteiger partial charge on any atom is 0.187 e. The fraction of sp³-hybridized carbons (Fsp3) is 1.00. The molecule has 2 aliphatic rings. The molecule has 2 rings (SSSR count). The maximum absolute atomic E-state index is 6.67. The van der Waals surface area contributed by atoms with Crippen molar-refractivity contribution in [2.75, 3.05) is 112 Å². The van der Waals surface area contributed by atoms with E-state index < -0.39 is 85.8 Å². The fourth-order valence-electron chi connectivity index (χ4n) is 6.18. The van der Waals surface area contributed by atoms with Gasteiger partial charge in [-0.1, -0.05) is 0 Å². The van der Waals surface area contributed by atoms with Crippen LogP contribution in [0.3, 0.4) is 0 Å². The summed E-state index contributed by atoms with van der Waals surface area (Å²) in [6.45, 7) is 0.682. The van der Waals surface area contributed by atoms with Crippen LogP contribution in [0.15, 0.2) is 0 Å². The lowest BCUT2D eigenvalue weighted by Gasteiger charge is -2.48. The predicted molar refractivity (Wildman–Crippen MR) is 161 cm³/mol. The topological polar surface area (TPSA) is 148 Å². The Labute approximate surface area is 273 Å². The normalized spacial score (nSPS) is 34.7. The van der Waals surface area contributed by atoms with Crippen LogP contribution in [0, 0.1) is 0 Å². The molecule has 9 unspecified atom stereocenters. The molecule has 16 nitrogen and oxygen atoms in total. The standard InChI is InChI=1S/C30H58O16/c1-31-13-17(34-4)21(36-6)24(18(35-5)14-32-2)46-30-28(42-12)26(40-10)23(38-8)20(45-30)16-43-29-27(41-11)25(39-9)22(37-7)19(44-29)15-33-3/h17-30H,13-16H2,1-12H3/t17?,18?,19?,20-,21?,22?,23+,24?,25?,26+,27?,28-,29?,30+/m1/s1. The third-order valence-electron chi connectivity index (χ3n) is 8.46. The van der Waals surface area contributed by atoms with Crippen LogP contribution in [-0.2, 0) is 75.8 Å². The van der Waals surface area contributed by atoms with Crippen LogP contribution in [0.1, 0.15) is 0 Å². The van der Waals surface area contributed by atoms with E-state index in [1.807, 2.05) is 0 Å². The van der Waals surface area contributed by atoms with Crippen molar-refractivity contribution in [3.63, 3.8) is 0 Å². The summed E-state index contributed by atoms with van der Waals surface area (Å²) in [5.74, 6) is 0. The molecule has 2 heterocycles.